The highest BCUT2D eigenvalue weighted by Gasteiger charge is 2.24. The van der Waals surface area contributed by atoms with Gasteiger partial charge in [-0.1, -0.05) is 0 Å². The van der Waals surface area contributed by atoms with Crippen molar-refractivity contribution in [3.05, 3.63) is 12.3 Å². The van der Waals surface area contributed by atoms with Gasteiger partial charge in [0.25, 0.3) is 0 Å². The summed E-state index contributed by atoms with van der Waals surface area (Å²) in [5.74, 6) is 79.0. The predicted octanol–water partition coefficient (Wildman–Crippen LogP) is 7.34. The van der Waals surface area contributed by atoms with E-state index in [4.69, 9.17) is 22.3 Å². The van der Waals surface area contributed by atoms with Crippen molar-refractivity contribution in [1.29, 1.82) is 0 Å². The van der Waals surface area contributed by atoms with E-state index in [1.807, 2.05) is 21.0 Å². The number of nitrogens with zero attached hydrogens (tertiary/aromatic N) is 1. The molecule has 0 saturated carbocycles. The van der Waals surface area contributed by atoms with Crippen LogP contribution in [0.4, 0.5) is 0 Å². The van der Waals surface area contributed by atoms with E-state index in [0.717, 1.165) is 5.70 Å². The van der Waals surface area contributed by atoms with Crippen molar-refractivity contribution in [3.8, 4) is 215 Å². The summed E-state index contributed by atoms with van der Waals surface area (Å²) >= 11 is 0. The zero-order valence-electron chi connectivity index (χ0n) is 26.0. The average Bonchev–Trinajstić information content (AvgIpc) is 3.05. The van der Waals surface area contributed by atoms with E-state index in [0.29, 0.717) is 11.0 Å². The number of rotatable bonds is 6. The minimum absolute atomic E-state index is 0. The van der Waals surface area contributed by atoms with E-state index in [2.05, 4.69) is 208 Å². The van der Waals surface area contributed by atoms with Crippen LogP contribution < -0.4 is 17.0 Å². The van der Waals surface area contributed by atoms with Crippen molar-refractivity contribution in [2.24, 2.45) is 0 Å². The van der Waals surface area contributed by atoms with E-state index in [9.17, 15) is 0 Å². The highest BCUT2D eigenvalue weighted by atomic mass is 79.9. The molecule has 292 valence electrons. The van der Waals surface area contributed by atoms with Crippen molar-refractivity contribution in [3.63, 3.8) is 0 Å². The Bertz CT molecular complexity index is 2460. The topological polar surface area (TPSA) is 18.5 Å². The Kier molecular flexibility index (Phi) is 27.8. The smallest absolute Gasteiger partial charge is 0.194 e. The van der Waals surface area contributed by atoms with E-state index >= 15 is 0 Å². The summed E-state index contributed by atoms with van der Waals surface area (Å²) in [5.41, 5.74) is 0.924. The second kappa shape index (κ2) is 31.8. The first kappa shape index (κ1) is 42.0. The van der Waals surface area contributed by atoms with Crippen LogP contribution >= 0.6 is 0 Å². The highest BCUT2D eigenvalue weighted by Crippen LogP contribution is 2.11. The van der Waals surface area contributed by atoms with Gasteiger partial charge in [0.05, 0.1) is 19.8 Å². The zero-order valence-corrected chi connectivity index (χ0v) is 27.6. The van der Waals surface area contributed by atoms with Gasteiger partial charge in [0.1, 0.15) is 25.4 Å². The summed E-state index contributed by atoms with van der Waals surface area (Å²) in [6.07, 6.45) is 14.5. The molecule has 0 aliphatic carbocycles. The maximum absolute atomic E-state index is 5.62. The molecule has 0 radical (unpaired) electrons. The Morgan fingerprint density at radius 1 is 0.521 bits per heavy atom. The first-order chi connectivity index (χ1) is 22.9. The summed E-state index contributed by atoms with van der Waals surface area (Å²) < 4.78 is 11.5. The van der Waals surface area contributed by atoms with Gasteiger partial charge in [0.2, 0.25) is 0 Å². The van der Waals surface area contributed by atoms with Gasteiger partial charge in [-0.15, -0.1) is 12.8 Å². The second-order valence-corrected chi connectivity index (χ2v) is 7.90. The van der Waals surface area contributed by atoms with Crippen molar-refractivity contribution < 1.29 is 83.7 Å². The third kappa shape index (κ3) is 29.4. The minimum atomic E-state index is -0.436. The Labute approximate surface area is 351 Å². The first-order valence-electron chi connectivity index (χ1n) is 12.6. The lowest BCUT2D eigenvalue weighted by atomic mass is 10.3. The summed E-state index contributed by atoms with van der Waals surface area (Å²) in [4.78, 5) is 0. The summed E-state index contributed by atoms with van der Waals surface area (Å²) in [7, 11) is 3.97. The summed E-state index contributed by atoms with van der Waals surface area (Å²) in [5, 5.41) is 0. The number of hydrogen-bond acceptors (Lipinski definition) is 2. The standard InChI is InChI=1S/C44H18NO2.BrH.37H2/c1-7-9-11-13-15-17-19-21-23-25-27-29-31-33-35-37-39-46-42-44(41-45(5,6)43(3)4)47-40-38-36-34-32-30-28-26-24-22-20-18-16-14-12-10-8-2;;;;;;;;;;;;;;;;;;;;;;;;;;;;;;;;;;;;;;/h1-2,44H,3,41-42H2,4-6H3;38*1H/q+1;;;;;;;;;;;;;;;;;;;;;;;;;;;;;;;;;;;;;;/p-1. The fourth-order valence-electron chi connectivity index (χ4n) is 2.01. The normalized spacial score (nSPS) is 6.44. The number of allylic oxidation sites excluding steroid dienone is 1. The second-order valence-electron chi connectivity index (χ2n) is 7.90. The maximum atomic E-state index is 5.62. The largest absolute Gasteiger partial charge is 1.00 e. The van der Waals surface area contributed by atoms with Gasteiger partial charge in [0.15, 0.2) is 6.10 Å². The van der Waals surface area contributed by atoms with E-state index in [1.54, 1.807) is 0 Å². The number of quaternary nitrogens is 1. The molecule has 0 spiro atoms. The molecule has 0 amide bonds. The summed E-state index contributed by atoms with van der Waals surface area (Å²) in [6, 6.07) is 0. The lowest BCUT2D eigenvalue weighted by Crippen LogP contribution is -3.00. The molecule has 0 bridgehead atoms. The average molecular weight is 747 g/mol. The molecule has 0 aromatic rings. The van der Waals surface area contributed by atoms with Gasteiger partial charge in [-0.2, -0.15) is 0 Å². The number of halogens is 1. The molecule has 48 heavy (non-hydrogen) atoms. The molecule has 1 atom stereocenters. The van der Waals surface area contributed by atoms with E-state index in [-0.39, 0.29) is 76.4 Å². The number of hydrogen-bond donors (Lipinski definition) is 0. The van der Waals surface area contributed by atoms with Gasteiger partial charge in [-0.25, -0.2) is 0 Å². The molecule has 0 rings (SSSR count). The molecule has 0 saturated heterocycles. The van der Waals surface area contributed by atoms with Crippen LogP contribution in [0.25, 0.3) is 0 Å². The Morgan fingerprint density at radius 2 is 0.792 bits per heavy atom. The minimum Gasteiger partial charge on any atom is -1.00 e. The van der Waals surface area contributed by atoms with Crippen LogP contribution in [0.2, 0.25) is 0 Å². The highest BCUT2D eigenvalue weighted by molar-refractivity contribution is 5.47. The first-order valence-corrected chi connectivity index (χ1v) is 12.6. The van der Waals surface area contributed by atoms with Gasteiger partial charge < -0.3 is 26.5 Å². The molecule has 0 heterocycles. The number of likely N-dealkylation sites (N-methyl/N-ethyl adjacent to an activating group) is 1. The Morgan fingerprint density at radius 3 is 1.08 bits per heavy atom. The van der Waals surface area contributed by atoms with Crippen LogP contribution in [0.1, 0.15) is 59.7 Å². The molecule has 0 aliphatic heterocycles. The molecule has 1 unspecified atom stereocenters. The molecule has 0 fully saturated rings. The van der Waals surface area contributed by atoms with Crippen LogP contribution in [-0.4, -0.2) is 37.8 Å². The van der Waals surface area contributed by atoms with Crippen molar-refractivity contribution >= 4 is 0 Å². The fraction of sp³-hybridized carbons (Fsp3) is 0.136. The SMILES string of the molecule is C#CC#CC#CC#CC#CC#CC#CC#CC#COCC(C[N+](C)(C)C(=C)C)OC#CC#CC#CC#CC#CC#CC#CC#CC#C.[Br-].[HH].[HH].[HH].[HH].[HH].[HH].[HH].[HH].[HH].[HH].[HH].[HH].[HH].[HH].[HH].[HH].[HH].[HH].[HH].[HH].[HH].[HH].[HH].[HH].[HH].[HH].[HH].[HH].[HH].[HH].[HH].[HH].[HH].[HH].[HH].[HH].[HH]. The molecule has 4 heteroatoms. The third-order valence-electron chi connectivity index (χ3n) is 4.26. The maximum Gasteiger partial charge on any atom is 0.194 e. The van der Waals surface area contributed by atoms with Crippen molar-refractivity contribution in [2.75, 3.05) is 27.2 Å². The van der Waals surface area contributed by atoms with Crippen molar-refractivity contribution in [1.82, 2.24) is 0 Å². The summed E-state index contributed by atoms with van der Waals surface area (Å²) in [6.45, 7) is 6.58. The number of ether oxygens (including phenoxy) is 2. The van der Waals surface area contributed by atoms with Gasteiger partial charge in [-0.3, -0.25) is 4.48 Å². The Hall–Kier alpha value is -8.14. The predicted molar refractivity (Wildman–Crippen MR) is 263 cm³/mol. The molecule has 0 N–H and O–H groups in total. The van der Waals surface area contributed by atoms with Gasteiger partial charge in [-0.05, 0) is 101 Å². The number of terminal acetylenes is 2. The molecular weight excluding hydrogens is 654 g/mol. The quantitative estimate of drug-likeness (QED) is 0.209. The molecule has 3 nitrogen and oxygen atoms in total. The fourth-order valence-corrected chi connectivity index (χ4v) is 2.01. The lowest BCUT2D eigenvalue weighted by molar-refractivity contribution is -0.855. The van der Waals surface area contributed by atoms with Gasteiger partial charge in [0, 0.05) is 154 Å². The van der Waals surface area contributed by atoms with Crippen molar-refractivity contribution in [2.45, 2.75) is 13.0 Å². The van der Waals surface area contributed by atoms with E-state index in [1.165, 1.54) is 0 Å². The zero-order chi connectivity index (χ0) is 34.5. The lowest BCUT2D eigenvalue weighted by Gasteiger charge is -2.31. The van der Waals surface area contributed by atoms with E-state index < -0.39 is 6.10 Å². The Balaban J connectivity index is -0.0000000150. The van der Waals surface area contributed by atoms with Gasteiger partial charge >= 0.3 is 0 Å². The van der Waals surface area contributed by atoms with Crippen LogP contribution in [0.5, 0.6) is 0 Å². The molecular formula is C44H92BrNO2. The third-order valence-corrected chi connectivity index (χ3v) is 4.26. The van der Waals surface area contributed by atoms with Crippen LogP contribution in [0.15, 0.2) is 12.3 Å². The van der Waals surface area contributed by atoms with Crippen LogP contribution in [0.3, 0.4) is 0 Å². The molecule has 0 aromatic carbocycles. The molecule has 0 aliphatic rings. The molecule has 0 aromatic heterocycles. The monoisotopic (exact) mass is 746 g/mol. The van der Waals surface area contributed by atoms with Crippen LogP contribution in [-0.2, 0) is 9.47 Å². The van der Waals surface area contributed by atoms with Crippen LogP contribution in [0, 0.1) is 215 Å².